The van der Waals surface area contributed by atoms with Crippen molar-refractivity contribution in [2.24, 2.45) is 5.92 Å². The van der Waals surface area contributed by atoms with Crippen molar-refractivity contribution in [3.05, 3.63) is 21.9 Å². The van der Waals surface area contributed by atoms with Crippen LogP contribution < -0.4 is 0 Å². The summed E-state index contributed by atoms with van der Waals surface area (Å²) in [7, 11) is 0. The predicted molar refractivity (Wildman–Crippen MR) is 62.4 cm³/mol. The first-order chi connectivity index (χ1) is 7.60. The molecule has 4 heteroatoms. The average molecular weight is 235 g/mol. The zero-order valence-corrected chi connectivity index (χ0v) is 10.1. The van der Waals surface area contributed by atoms with Gasteiger partial charge in [-0.1, -0.05) is 6.92 Å². The van der Waals surface area contributed by atoms with Crippen molar-refractivity contribution in [3.8, 4) is 6.07 Å². The number of carbonyl (C=O) groups is 2. The lowest BCUT2D eigenvalue weighted by Gasteiger charge is -2.04. The molecule has 0 fully saturated rings. The van der Waals surface area contributed by atoms with Crippen LogP contribution in [0.25, 0.3) is 0 Å². The fourth-order valence-corrected chi connectivity index (χ4v) is 2.10. The second-order valence-electron chi connectivity index (χ2n) is 3.59. The summed E-state index contributed by atoms with van der Waals surface area (Å²) in [5, 5.41) is 10.6. The van der Waals surface area contributed by atoms with Gasteiger partial charge in [0, 0.05) is 22.2 Å². The van der Waals surface area contributed by atoms with E-state index in [1.54, 1.807) is 17.5 Å². The van der Waals surface area contributed by atoms with E-state index in [-0.39, 0.29) is 18.0 Å². The maximum atomic E-state index is 11.9. The molecule has 1 aromatic heterocycles. The third kappa shape index (κ3) is 2.77. The van der Waals surface area contributed by atoms with Crippen molar-refractivity contribution in [3.63, 3.8) is 0 Å². The molecule has 0 saturated heterocycles. The van der Waals surface area contributed by atoms with Gasteiger partial charge in [0.15, 0.2) is 17.5 Å². The number of ketones is 2. The molecule has 1 rings (SSSR count). The number of nitrogens with zero attached hydrogens (tertiary/aromatic N) is 1. The molecule has 3 nitrogen and oxygen atoms in total. The standard InChI is InChI=1S/C12H13NO2S/c1-3-4-11(14)10(6-13)12(15)9-5-8(2)16-7-9/h5,7,10H,3-4H2,1-2H3. The molecule has 16 heavy (non-hydrogen) atoms. The Morgan fingerprint density at radius 2 is 2.25 bits per heavy atom. The lowest BCUT2D eigenvalue weighted by atomic mass is 9.94. The van der Waals surface area contributed by atoms with Crippen LogP contribution in [0.1, 0.15) is 35.0 Å². The molecule has 0 bridgehead atoms. The van der Waals surface area contributed by atoms with Crippen LogP contribution in [0.15, 0.2) is 11.4 Å². The first-order valence-electron chi connectivity index (χ1n) is 5.11. The van der Waals surface area contributed by atoms with Crippen LogP contribution in [-0.2, 0) is 4.79 Å². The molecule has 0 radical (unpaired) electrons. The van der Waals surface area contributed by atoms with Gasteiger partial charge in [0.25, 0.3) is 0 Å². The van der Waals surface area contributed by atoms with E-state index in [4.69, 9.17) is 5.26 Å². The minimum Gasteiger partial charge on any atom is -0.298 e. The van der Waals surface area contributed by atoms with E-state index < -0.39 is 5.92 Å². The summed E-state index contributed by atoms with van der Waals surface area (Å²) in [6.07, 6.45) is 0.944. The average Bonchev–Trinajstić information content (AvgIpc) is 2.66. The molecule has 0 aromatic carbocycles. The highest BCUT2D eigenvalue weighted by Gasteiger charge is 2.26. The monoisotopic (exact) mass is 235 g/mol. The summed E-state index contributed by atoms with van der Waals surface area (Å²) in [5.74, 6) is -1.78. The van der Waals surface area contributed by atoms with Crippen molar-refractivity contribution in [1.82, 2.24) is 0 Å². The van der Waals surface area contributed by atoms with E-state index >= 15 is 0 Å². The van der Waals surface area contributed by atoms with Gasteiger partial charge in [0.1, 0.15) is 0 Å². The highest BCUT2D eigenvalue weighted by atomic mass is 32.1. The Labute approximate surface area is 98.7 Å². The van der Waals surface area contributed by atoms with Gasteiger partial charge in [0.05, 0.1) is 6.07 Å². The molecular weight excluding hydrogens is 222 g/mol. The Morgan fingerprint density at radius 3 is 2.69 bits per heavy atom. The number of hydrogen-bond acceptors (Lipinski definition) is 4. The summed E-state index contributed by atoms with van der Waals surface area (Å²) in [4.78, 5) is 24.4. The van der Waals surface area contributed by atoms with E-state index in [1.807, 2.05) is 13.8 Å². The summed E-state index contributed by atoms with van der Waals surface area (Å²) in [6, 6.07) is 3.52. The molecule has 1 unspecified atom stereocenters. The van der Waals surface area contributed by atoms with Crippen molar-refractivity contribution < 1.29 is 9.59 Å². The van der Waals surface area contributed by atoms with Gasteiger partial charge in [-0.3, -0.25) is 9.59 Å². The Kier molecular flexibility index (Phi) is 4.39. The molecule has 1 atom stereocenters. The number of aryl methyl sites for hydroxylation is 1. The SMILES string of the molecule is CCCC(=O)C(C#N)C(=O)c1csc(C)c1. The first kappa shape index (κ1) is 12.6. The van der Waals surface area contributed by atoms with Gasteiger partial charge >= 0.3 is 0 Å². The number of Topliss-reactive ketones (excluding diaryl/α,β-unsaturated/α-hetero) is 2. The van der Waals surface area contributed by atoms with Gasteiger partial charge in [-0.15, -0.1) is 11.3 Å². The molecule has 0 amide bonds. The van der Waals surface area contributed by atoms with Crippen LogP contribution in [0.5, 0.6) is 0 Å². The number of thiophene rings is 1. The zero-order valence-electron chi connectivity index (χ0n) is 9.32. The zero-order chi connectivity index (χ0) is 12.1. The van der Waals surface area contributed by atoms with E-state index in [1.165, 1.54) is 11.3 Å². The summed E-state index contributed by atoms with van der Waals surface area (Å²) >= 11 is 1.44. The molecule has 0 saturated carbocycles. The Bertz CT molecular complexity index is 442. The first-order valence-corrected chi connectivity index (χ1v) is 5.99. The highest BCUT2D eigenvalue weighted by Crippen LogP contribution is 2.18. The lowest BCUT2D eigenvalue weighted by molar-refractivity contribution is -0.120. The largest absolute Gasteiger partial charge is 0.298 e. The number of hydrogen-bond donors (Lipinski definition) is 0. The van der Waals surface area contributed by atoms with E-state index in [0.717, 1.165) is 4.88 Å². The number of nitriles is 1. The van der Waals surface area contributed by atoms with Gasteiger partial charge < -0.3 is 0 Å². The summed E-state index contributed by atoms with van der Waals surface area (Å²) in [5.41, 5.74) is 0.471. The Morgan fingerprint density at radius 1 is 1.56 bits per heavy atom. The fraction of sp³-hybridized carbons (Fsp3) is 0.417. The molecule has 1 aromatic rings. The summed E-state index contributed by atoms with van der Waals surface area (Å²) in [6.45, 7) is 3.74. The minimum absolute atomic E-state index is 0.279. The highest BCUT2D eigenvalue weighted by molar-refractivity contribution is 7.10. The van der Waals surface area contributed by atoms with E-state index in [9.17, 15) is 9.59 Å². The van der Waals surface area contributed by atoms with Crippen LogP contribution >= 0.6 is 11.3 Å². The molecule has 1 heterocycles. The number of carbonyl (C=O) groups excluding carboxylic acids is 2. The molecule has 0 N–H and O–H groups in total. The topological polar surface area (TPSA) is 57.9 Å². The number of rotatable bonds is 5. The van der Waals surface area contributed by atoms with Crippen LogP contribution in [0, 0.1) is 24.2 Å². The summed E-state index contributed by atoms with van der Waals surface area (Å²) < 4.78 is 0. The van der Waals surface area contributed by atoms with Crippen LogP contribution in [0.4, 0.5) is 0 Å². The fourth-order valence-electron chi connectivity index (χ4n) is 1.41. The molecule has 0 aliphatic rings. The molecule has 0 aliphatic carbocycles. The minimum atomic E-state index is -1.13. The molecule has 0 spiro atoms. The predicted octanol–water partition coefficient (Wildman–Crippen LogP) is 2.75. The van der Waals surface area contributed by atoms with Crippen molar-refractivity contribution in [2.45, 2.75) is 26.7 Å². The third-order valence-electron chi connectivity index (χ3n) is 2.22. The van der Waals surface area contributed by atoms with Gasteiger partial charge in [-0.05, 0) is 19.4 Å². The van der Waals surface area contributed by atoms with Crippen LogP contribution in [-0.4, -0.2) is 11.6 Å². The second-order valence-corrected chi connectivity index (χ2v) is 4.70. The maximum Gasteiger partial charge on any atom is 0.188 e. The smallest absolute Gasteiger partial charge is 0.188 e. The van der Waals surface area contributed by atoms with Crippen molar-refractivity contribution in [2.75, 3.05) is 0 Å². The normalized spacial score (nSPS) is 11.8. The Hall–Kier alpha value is -1.47. The van der Waals surface area contributed by atoms with E-state index in [0.29, 0.717) is 12.0 Å². The maximum absolute atomic E-state index is 11.9. The lowest BCUT2D eigenvalue weighted by Crippen LogP contribution is -2.22. The third-order valence-corrected chi connectivity index (χ3v) is 3.09. The second kappa shape index (κ2) is 5.57. The van der Waals surface area contributed by atoms with E-state index in [2.05, 4.69) is 0 Å². The quantitative estimate of drug-likeness (QED) is 0.582. The van der Waals surface area contributed by atoms with Crippen LogP contribution in [0.3, 0.4) is 0 Å². The molecule has 84 valence electrons. The van der Waals surface area contributed by atoms with Gasteiger partial charge in [0.2, 0.25) is 0 Å². The van der Waals surface area contributed by atoms with Crippen LogP contribution in [0.2, 0.25) is 0 Å². The molecular formula is C12H13NO2S. The van der Waals surface area contributed by atoms with Gasteiger partial charge in [-0.2, -0.15) is 5.26 Å². The van der Waals surface area contributed by atoms with Crippen molar-refractivity contribution >= 4 is 22.9 Å². The Balaban J connectivity index is 2.86. The van der Waals surface area contributed by atoms with Gasteiger partial charge in [-0.25, -0.2) is 0 Å². The molecule has 0 aliphatic heterocycles. The van der Waals surface area contributed by atoms with Crippen molar-refractivity contribution in [1.29, 1.82) is 5.26 Å².